The Balaban J connectivity index is 1.55. The van der Waals surface area contributed by atoms with Crippen molar-refractivity contribution in [1.29, 1.82) is 0 Å². The van der Waals surface area contributed by atoms with E-state index >= 15 is 0 Å². The molecule has 0 fully saturated rings. The average molecular weight is 366 g/mol. The molecule has 0 saturated heterocycles. The van der Waals surface area contributed by atoms with Gasteiger partial charge in [0.05, 0.1) is 21.6 Å². The van der Waals surface area contributed by atoms with E-state index < -0.39 is 0 Å². The van der Waals surface area contributed by atoms with Crippen LogP contribution < -0.4 is 5.32 Å². The molecule has 0 aliphatic carbocycles. The molecule has 0 aliphatic rings. The zero-order valence-corrected chi connectivity index (χ0v) is 15.0. The normalized spacial score (nSPS) is 11.0. The highest BCUT2D eigenvalue weighted by atomic mass is 32.1. The average Bonchev–Trinajstić information content (AvgIpc) is 3.16. The lowest BCUT2D eigenvalue weighted by atomic mass is 10.2. The summed E-state index contributed by atoms with van der Waals surface area (Å²) < 4.78 is 15.8. The van der Waals surface area contributed by atoms with Crippen LogP contribution >= 0.6 is 11.3 Å². The number of carbonyl (C=O) groups is 1. The molecule has 2 aromatic carbocycles. The zero-order chi connectivity index (χ0) is 18.3. The van der Waals surface area contributed by atoms with Crippen molar-refractivity contribution in [2.24, 2.45) is 0 Å². The van der Waals surface area contributed by atoms with E-state index in [0.717, 1.165) is 17.1 Å². The zero-order valence-electron chi connectivity index (χ0n) is 14.2. The molecule has 1 amide bonds. The molecule has 4 rings (SSSR count). The van der Waals surface area contributed by atoms with Crippen LogP contribution in [0.5, 0.6) is 0 Å². The van der Waals surface area contributed by atoms with Gasteiger partial charge in [-0.25, -0.2) is 14.1 Å². The molecule has 26 heavy (non-hydrogen) atoms. The van der Waals surface area contributed by atoms with Gasteiger partial charge in [-0.2, -0.15) is 5.10 Å². The topological polar surface area (TPSA) is 59.8 Å². The minimum absolute atomic E-state index is 0.260. The minimum Gasteiger partial charge on any atom is -0.298 e. The molecule has 1 N–H and O–H groups in total. The number of carbonyl (C=O) groups excluding carboxylic acids is 1. The van der Waals surface area contributed by atoms with E-state index in [2.05, 4.69) is 15.4 Å². The summed E-state index contributed by atoms with van der Waals surface area (Å²) in [6, 6.07) is 13.5. The first-order valence-electron chi connectivity index (χ1n) is 8.01. The number of halogens is 1. The molecule has 0 unspecified atom stereocenters. The van der Waals surface area contributed by atoms with Gasteiger partial charge >= 0.3 is 0 Å². The smallest absolute Gasteiger partial charge is 0.257 e. The van der Waals surface area contributed by atoms with E-state index in [1.807, 2.05) is 36.7 Å². The summed E-state index contributed by atoms with van der Waals surface area (Å²) in [7, 11) is 0. The Morgan fingerprint density at radius 3 is 2.58 bits per heavy atom. The van der Waals surface area contributed by atoms with Crippen LogP contribution in [0.15, 0.2) is 48.5 Å². The number of anilines is 1. The molecule has 5 nitrogen and oxygen atoms in total. The Morgan fingerprint density at radius 2 is 1.88 bits per heavy atom. The van der Waals surface area contributed by atoms with Crippen LogP contribution in [0, 0.1) is 19.7 Å². The predicted octanol–water partition coefficient (Wildman–Crippen LogP) is 4.49. The fourth-order valence-corrected chi connectivity index (χ4v) is 3.65. The number of thiazole rings is 1. The van der Waals surface area contributed by atoms with Crippen molar-refractivity contribution in [3.8, 4) is 5.69 Å². The van der Waals surface area contributed by atoms with Gasteiger partial charge in [0.15, 0.2) is 5.13 Å². The van der Waals surface area contributed by atoms with E-state index in [0.29, 0.717) is 20.9 Å². The van der Waals surface area contributed by atoms with Gasteiger partial charge in [-0.15, -0.1) is 0 Å². The predicted molar refractivity (Wildman–Crippen MR) is 101 cm³/mol. The van der Waals surface area contributed by atoms with Gasteiger partial charge in [0, 0.05) is 11.3 Å². The van der Waals surface area contributed by atoms with Crippen molar-refractivity contribution in [1.82, 2.24) is 14.8 Å². The van der Waals surface area contributed by atoms with Crippen molar-refractivity contribution < 1.29 is 9.18 Å². The highest BCUT2D eigenvalue weighted by Gasteiger charge is 2.11. The molecule has 0 saturated carbocycles. The summed E-state index contributed by atoms with van der Waals surface area (Å²) in [5.74, 6) is -0.580. The number of fused-ring (bicyclic) bond motifs is 1. The third-order valence-corrected chi connectivity index (χ3v) is 4.89. The molecule has 0 atom stereocenters. The van der Waals surface area contributed by atoms with Crippen molar-refractivity contribution in [2.75, 3.05) is 5.32 Å². The van der Waals surface area contributed by atoms with Gasteiger partial charge in [0.1, 0.15) is 5.82 Å². The molecule has 0 radical (unpaired) electrons. The number of aromatic nitrogens is 3. The Bertz CT molecular complexity index is 1110. The van der Waals surface area contributed by atoms with Crippen molar-refractivity contribution in [3.05, 3.63) is 71.3 Å². The molecule has 0 aliphatic heterocycles. The molecule has 4 aromatic rings. The lowest BCUT2D eigenvalue weighted by molar-refractivity contribution is 0.102. The van der Waals surface area contributed by atoms with Crippen molar-refractivity contribution in [2.45, 2.75) is 13.8 Å². The Kier molecular flexibility index (Phi) is 4.00. The van der Waals surface area contributed by atoms with Gasteiger partial charge in [-0.1, -0.05) is 11.3 Å². The van der Waals surface area contributed by atoms with Crippen LogP contribution in [0.2, 0.25) is 0 Å². The molecule has 130 valence electrons. The first-order chi connectivity index (χ1) is 12.5. The van der Waals surface area contributed by atoms with Gasteiger partial charge < -0.3 is 0 Å². The third-order valence-electron chi connectivity index (χ3n) is 3.95. The largest absolute Gasteiger partial charge is 0.298 e. The molecule has 2 heterocycles. The van der Waals surface area contributed by atoms with E-state index in [1.54, 1.807) is 18.2 Å². The maximum atomic E-state index is 13.3. The lowest BCUT2D eigenvalue weighted by Gasteiger charge is -2.06. The van der Waals surface area contributed by atoms with E-state index in [1.165, 1.54) is 23.5 Å². The van der Waals surface area contributed by atoms with E-state index in [4.69, 9.17) is 0 Å². The lowest BCUT2D eigenvalue weighted by Crippen LogP contribution is -2.11. The van der Waals surface area contributed by atoms with Crippen LogP contribution in [0.4, 0.5) is 9.52 Å². The second-order valence-corrected chi connectivity index (χ2v) is 7.00. The van der Waals surface area contributed by atoms with E-state index in [9.17, 15) is 9.18 Å². The van der Waals surface area contributed by atoms with Crippen LogP contribution in [-0.2, 0) is 0 Å². The second kappa shape index (κ2) is 6.34. The molecule has 0 bridgehead atoms. The first-order valence-corrected chi connectivity index (χ1v) is 8.82. The van der Waals surface area contributed by atoms with Crippen molar-refractivity contribution in [3.63, 3.8) is 0 Å². The first kappa shape index (κ1) is 16.4. The summed E-state index contributed by atoms with van der Waals surface area (Å²) >= 11 is 1.24. The summed E-state index contributed by atoms with van der Waals surface area (Å²) in [6.07, 6.45) is 0. The Labute approximate surface area is 153 Å². The quantitative estimate of drug-likeness (QED) is 0.581. The summed E-state index contributed by atoms with van der Waals surface area (Å²) in [6.45, 7) is 3.92. The standard InChI is InChI=1S/C19H15FN4OS/c1-11-9-12(2)24(23-11)15-6-3-13(4-7-15)18(25)22-19-21-16-8-5-14(20)10-17(16)26-19/h3-10H,1-2H3,(H,21,22,25). The number of hydrogen-bond donors (Lipinski definition) is 1. The Hall–Kier alpha value is -3.06. The maximum Gasteiger partial charge on any atom is 0.257 e. The number of nitrogens with zero attached hydrogens (tertiary/aromatic N) is 3. The number of amides is 1. The molecule has 2 aromatic heterocycles. The van der Waals surface area contributed by atoms with Gasteiger partial charge in [0.2, 0.25) is 0 Å². The third kappa shape index (κ3) is 3.09. The summed E-state index contributed by atoms with van der Waals surface area (Å²) in [4.78, 5) is 16.7. The second-order valence-electron chi connectivity index (χ2n) is 5.97. The highest BCUT2D eigenvalue weighted by molar-refractivity contribution is 7.22. The summed E-state index contributed by atoms with van der Waals surface area (Å²) in [5.41, 5.74) is 4.04. The number of benzene rings is 2. The summed E-state index contributed by atoms with van der Waals surface area (Å²) in [5, 5.41) is 7.64. The molecule has 0 spiro atoms. The van der Waals surface area contributed by atoms with Crippen molar-refractivity contribution >= 4 is 32.6 Å². The van der Waals surface area contributed by atoms with Crippen LogP contribution in [0.1, 0.15) is 21.7 Å². The fourth-order valence-electron chi connectivity index (χ4n) is 2.77. The maximum absolute atomic E-state index is 13.3. The van der Waals surface area contributed by atoms with Gasteiger partial charge in [0.25, 0.3) is 5.91 Å². The van der Waals surface area contributed by atoms with Gasteiger partial charge in [-0.3, -0.25) is 10.1 Å². The molecular formula is C19H15FN4OS. The fraction of sp³-hybridized carbons (Fsp3) is 0.105. The number of hydrogen-bond acceptors (Lipinski definition) is 4. The van der Waals surface area contributed by atoms with Crippen LogP contribution in [-0.4, -0.2) is 20.7 Å². The monoisotopic (exact) mass is 366 g/mol. The number of nitrogens with one attached hydrogen (secondary N) is 1. The number of aryl methyl sites for hydroxylation is 2. The SMILES string of the molecule is Cc1cc(C)n(-c2ccc(C(=O)Nc3nc4ccc(F)cc4s3)cc2)n1. The molecule has 7 heteroatoms. The van der Waals surface area contributed by atoms with Gasteiger partial charge in [-0.05, 0) is 62.4 Å². The minimum atomic E-state index is -0.321. The van der Waals surface area contributed by atoms with Crippen LogP contribution in [0.25, 0.3) is 15.9 Å². The molecular weight excluding hydrogens is 351 g/mol. The number of rotatable bonds is 3. The Morgan fingerprint density at radius 1 is 1.12 bits per heavy atom. The van der Waals surface area contributed by atoms with Crippen LogP contribution in [0.3, 0.4) is 0 Å². The van der Waals surface area contributed by atoms with E-state index in [-0.39, 0.29) is 11.7 Å². The highest BCUT2D eigenvalue weighted by Crippen LogP contribution is 2.27.